The molecule has 0 amide bonds. The summed E-state index contributed by atoms with van der Waals surface area (Å²) >= 11 is 1.29. The minimum Gasteiger partial charge on any atom is -0.316 e. The monoisotopic (exact) mass is 175 g/mol. The summed E-state index contributed by atoms with van der Waals surface area (Å²) in [5, 5.41) is 1.76. The largest absolute Gasteiger partial charge is 0.316 e. The lowest BCUT2D eigenvalue weighted by Gasteiger charge is -2.05. The van der Waals surface area contributed by atoms with Gasteiger partial charge in [-0.25, -0.2) is 8.78 Å². The van der Waals surface area contributed by atoms with Gasteiger partial charge in [-0.2, -0.15) is 0 Å². The number of rotatable bonds is 1. The maximum atomic E-state index is 12.6. The van der Waals surface area contributed by atoms with Crippen LogP contribution in [0, 0.1) is 0 Å². The Morgan fingerprint density at radius 3 is 2.55 bits per heavy atom. The number of thiophene rings is 1. The second-order valence-electron chi connectivity index (χ2n) is 2.83. The van der Waals surface area contributed by atoms with Gasteiger partial charge in [0.25, 0.3) is 5.92 Å². The summed E-state index contributed by atoms with van der Waals surface area (Å²) in [6.45, 7) is 0. The minimum atomic E-state index is -2.68. The van der Waals surface area contributed by atoms with Crippen LogP contribution < -0.4 is 5.73 Å². The topological polar surface area (TPSA) is 26.0 Å². The molecule has 1 atom stereocenters. The van der Waals surface area contributed by atoms with Crippen LogP contribution in [0.15, 0.2) is 17.5 Å². The molecular formula is C7H7F2NS. The standard InChI is InChI=1S/C7H7F2NS/c8-7(9)4-6(7,10)5-2-1-3-11-5/h1-3H,4,10H2. The lowest BCUT2D eigenvalue weighted by atomic mass is 10.2. The molecule has 1 aliphatic rings. The van der Waals surface area contributed by atoms with Gasteiger partial charge in [0.2, 0.25) is 0 Å². The summed E-state index contributed by atoms with van der Waals surface area (Å²) in [4.78, 5) is 0.586. The molecule has 2 N–H and O–H groups in total. The van der Waals surface area contributed by atoms with Gasteiger partial charge >= 0.3 is 0 Å². The van der Waals surface area contributed by atoms with E-state index in [0.717, 1.165) is 0 Å². The van der Waals surface area contributed by atoms with Gasteiger partial charge in [-0.3, -0.25) is 0 Å². The second kappa shape index (κ2) is 1.81. The third kappa shape index (κ3) is 0.827. The fourth-order valence-corrected chi connectivity index (χ4v) is 2.00. The van der Waals surface area contributed by atoms with Crippen molar-refractivity contribution in [2.24, 2.45) is 5.73 Å². The van der Waals surface area contributed by atoms with Crippen LogP contribution in [-0.2, 0) is 5.54 Å². The quantitative estimate of drug-likeness (QED) is 0.693. The molecule has 1 aromatic heterocycles. The van der Waals surface area contributed by atoms with Crippen LogP contribution in [0.25, 0.3) is 0 Å². The Kier molecular flexibility index (Phi) is 1.18. The van der Waals surface area contributed by atoms with Crippen LogP contribution >= 0.6 is 11.3 Å². The maximum Gasteiger partial charge on any atom is 0.273 e. The summed E-state index contributed by atoms with van der Waals surface area (Å²) in [5.41, 5.74) is 4.10. The molecule has 1 fully saturated rings. The van der Waals surface area contributed by atoms with Gasteiger partial charge < -0.3 is 5.73 Å². The predicted octanol–water partition coefficient (Wildman–Crippen LogP) is 1.94. The zero-order valence-electron chi connectivity index (χ0n) is 5.68. The van der Waals surface area contributed by atoms with Gasteiger partial charge in [0.1, 0.15) is 5.54 Å². The highest BCUT2D eigenvalue weighted by molar-refractivity contribution is 7.10. The van der Waals surface area contributed by atoms with E-state index < -0.39 is 11.5 Å². The van der Waals surface area contributed by atoms with Crippen molar-refractivity contribution in [3.05, 3.63) is 22.4 Å². The zero-order chi connectivity index (χ0) is 8.11. The number of hydrogen-bond donors (Lipinski definition) is 1. The molecule has 60 valence electrons. The summed E-state index contributed by atoms with van der Waals surface area (Å²) in [7, 11) is 0. The van der Waals surface area contributed by atoms with Crippen molar-refractivity contribution in [2.75, 3.05) is 0 Å². The fraction of sp³-hybridized carbons (Fsp3) is 0.429. The number of alkyl halides is 2. The average Bonchev–Trinajstić information content (AvgIpc) is 2.36. The van der Waals surface area contributed by atoms with Crippen LogP contribution in [0.5, 0.6) is 0 Å². The van der Waals surface area contributed by atoms with Crippen molar-refractivity contribution in [1.29, 1.82) is 0 Å². The highest BCUT2D eigenvalue weighted by atomic mass is 32.1. The SMILES string of the molecule is NC1(c2cccs2)CC1(F)F. The second-order valence-corrected chi connectivity index (χ2v) is 3.78. The molecule has 0 bridgehead atoms. The molecule has 1 saturated carbocycles. The van der Waals surface area contributed by atoms with E-state index in [4.69, 9.17) is 5.73 Å². The van der Waals surface area contributed by atoms with Crippen molar-refractivity contribution in [3.8, 4) is 0 Å². The summed E-state index contributed by atoms with van der Waals surface area (Å²) in [6.07, 6.45) is -0.208. The Hall–Kier alpha value is -0.480. The lowest BCUT2D eigenvalue weighted by molar-refractivity contribution is 0.0899. The van der Waals surface area contributed by atoms with Crippen molar-refractivity contribution in [1.82, 2.24) is 0 Å². The summed E-state index contributed by atoms with van der Waals surface area (Å²) in [5.74, 6) is -2.68. The fourth-order valence-electron chi connectivity index (χ4n) is 1.11. The van der Waals surface area contributed by atoms with Crippen molar-refractivity contribution in [3.63, 3.8) is 0 Å². The molecule has 0 saturated heterocycles. The summed E-state index contributed by atoms with van der Waals surface area (Å²) < 4.78 is 25.3. The van der Waals surface area contributed by atoms with E-state index in [-0.39, 0.29) is 6.42 Å². The molecule has 2 rings (SSSR count). The molecule has 1 nitrogen and oxygen atoms in total. The smallest absolute Gasteiger partial charge is 0.273 e. The minimum absolute atomic E-state index is 0.208. The van der Waals surface area contributed by atoms with Gasteiger partial charge in [0.15, 0.2) is 0 Å². The molecule has 1 heterocycles. The van der Waals surface area contributed by atoms with E-state index >= 15 is 0 Å². The van der Waals surface area contributed by atoms with Gasteiger partial charge in [0.05, 0.1) is 0 Å². The first-order chi connectivity index (χ1) is 5.06. The highest BCUT2D eigenvalue weighted by Crippen LogP contribution is 2.58. The van der Waals surface area contributed by atoms with E-state index in [2.05, 4.69) is 0 Å². The van der Waals surface area contributed by atoms with Crippen LogP contribution in [-0.4, -0.2) is 5.92 Å². The van der Waals surface area contributed by atoms with E-state index in [0.29, 0.717) is 4.88 Å². The molecule has 1 aliphatic carbocycles. The number of halogens is 2. The number of nitrogens with two attached hydrogens (primary N) is 1. The van der Waals surface area contributed by atoms with Gasteiger partial charge in [-0.05, 0) is 11.4 Å². The molecular weight excluding hydrogens is 168 g/mol. The van der Waals surface area contributed by atoms with Gasteiger partial charge in [0, 0.05) is 11.3 Å². The first kappa shape index (κ1) is 7.18. The molecule has 0 aromatic carbocycles. The normalized spacial score (nSPS) is 33.7. The van der Waals surface area contributed by atoms with Crippen molar-refractivity contribution >= 4 is 11.3 Å². The Balaban J connectivity index is 2.33. The molecule has 0 spiro atoms. The molecule has 1 unspecified atom stereocenters. The van der Waals surface area contributed by atoms with Gasteiger partial charge in [-0.1, -0.05) is 6.07 Å². The Morgan fingerprint density at radius 1 is 1.55 bits per heavy atom. The first-order valence-electron chi connectivity index (χ1n) is 3.27. The zero-order valence-corrected chi connectivity index (χ0v) is 6.50. The van der Waals surface area contributed by atoms with Gasteiger partial charge in [-0.15, -0.1) is 11.3 Å². The molecule has 1 aromatic rings. The molecule has 11 heavy (non-hydrogen) atoms. The molecule has 4 heteroatoms. The first-order valence-corrected chi connectivity index (χ1v) is 4.15. The lowest BCUT2D eigenvalue weighted by Crippen LogP contribution is -2.25. The summed E-state index contributed by atoms with van der Waals surface area (Å²) in [6, 6.07) is 3.40. The van der Waals surface area contributed by atoms with E-state index in [1.807, 2.05) is 0 Å². The van der Waals surface area contributed by atoms with Crippen molar-refractivity contribution < 1.29 is 8.78 Å². The molecule has 0 aliphatic heterocycles. The van der Waals surface area contributed by atoms with E-state index in [1.165, 1.54) is 11.3 Å². The highest BCUT2D eigenvalue weighted by Gasteiger charge is 2.70. The maximum absolute atomic E-state index is 12.6. The average molecular weight is 175 g/mol. The number of hydrogen-bond acceptors (Lipinski definition) is 2. The Morgan fingerprint density at radius 2 is 2.18 bits per heavy atom. The van der Waals surface area contributed by atoms with E-state index in [1.54, 1.807) is 17.5 Å². The van der Waals surface area contributed by atoms with Crippen LogP contribution in [0.4, 0.5) is 8.78 Å². The predicted molar refractivity (Wildman–Crippen MR) is 39.7 cm³/mol. The molecule has 0 radical (unpaired) electrons. The van der Waals surface area contributed by atoms with E-state index in [9.17, 15) is 8.78 Å². The van der Waals surface area contributed by atoms with Crippen LogP contribution in [0.1, 0.15) is 11.3 Å². The third-order valence-electron chi connectivity index (χ3n) is 1.99. The Labute approximate surface area is 66.8 Å². The van der Waals surface area contributed by atoms with Crippen molar-refractivity contribution in [2.45, 2.75) is 17.9 Å². The Bertz CT molecular complexity index is 270. The van der Waals surface area contributed by atoms with Crippen LogP contribution in [0.2, 0.25) is 0 Å². The van der Waals surface area contributed by atoms with Crippen LogP contribution in [0.3, 0.4) is 0 Å². The third-order valence-corrected chi connectivity index (χ3v) is 3.04.